The van der Waals surface area contributed by atoms with E-state index in [1.54, 1.807) is 6.20 Å². The van der Waals surface area contributed by atoms with Gasteiger partial charge in [0.1, 0.15) is 11.8 Å². The fourth-order valence-corrected chi connectivity index (χ4v) is 2.51. The van der Waals surface area contributed by atoms with Gasteiger partial charge in [-0.2, -0.15) is 5.26 Å². The van der Waals surface area contributed by atoms with Gasteiger partial charge in [-0.1, -0.05) is 19.9 Å². The Labute approximate surface area is 109 Å². The van der Waals surface area contributed by atoms with Crippen LogP contribution in [0.2, 0.25) is 0 Å². The highest BCUT2D eigenvalue weighted by Crippen LogP contribution is 2.31. The van der Waals surface area contributed by atoms with E-state index in [-0.39, 0.29) is 0 Å². The van der Waals surface area contributed by atoms with E-state index in [1.165, 1.54) is 6.42 Å². The maximum Gasteiger partial charge on any atom is 0.145 e. The Hall–Kier alpha value is -1.40. The molecule has 0 saturated heterocycles. The average molecular weight is 244 g/mol. The summed E-state index contributed by atoms with van der Waals surface area (Å²) in [7, 11) is 0. The molecule has 96 valence electrons. The lowest BCUT2D eigenvalue weighted by atomic mass is 9.80. The molecule has 3 nitrogen and oxygen atoms in total. The molecule has 2 rings (SSSR count). The Morgan fingerprint density at radius 3 is 2.94 bits per heavy atom. The lowest BCUT2D eigenvalue weighted by Gasteiger charge is -2.32. The Balaban J connectivity index is 1.90. The Bertz CT molecular complexity index is 438. The summed E-state index contributed by atoms with van der Waals surface area (Å²) in [6.07, 6.45) is 5.48. The molecule has 0 radical (unpaired) electrons. The molecule has 3 unspecified atom stereocenters. The van der Waals surface area contributed by atoms with Crippen LogP contribution in [-0.2, 0) is 11.3 Å². The van der Waals surface area contributed by atoms with E-state index in [9.17, 15) is 0 Å². The van der Waals surface area contributed by atoms with Crippen LogP contribution in [0.25, 0.3) is 0 Å². The number of nitrogens with zero attached hydrogens (tertiary/aromatic N) is 2. The van der Waals surface area contributed by atoms with Gasteiger partial charge in [-0.3, -0.25) is 0 Å². The molecule has 1 heterocycles. The SMILES string of the molecule is CC1CCC(OCc2cccnc2C#N)CC1C. The summed E-state index contributed by atoms with van der Waals surface area (Å²) in [5.74, 6) is 1.53. The Morgan fingerprint density at radius 1 is 1.39 bits per heavy atom. The Kier molecular flexibility index (Phi) is 4.33. The molecule has 0 aliphatic heterocycles. The lowest BCUT2D eigenvalue weighted by molar-refractivity contribution is -0.00763. The first kappa shape index (κ1) is 13.0. The smallest absolute Gasteiger partial charge is 0.145 e. The zero-order valence-corrected chi connectivity index (χ0v) is 11.1. The van der Waals surface area contributed by atoms with E-state index in [4.69, 9.17) is 10.00 Å². The van der Waals surface area contributed by atoms with Gasteiger partial charge >= 0.3 is 0 Å². The number of aromatic nitrogens is 1. The summed E-state index contributed by atoms with van der Waals surface area (Å²) in [4.78, 5) is 4.05. The number of pyridine rings is 1. The predicted octanol–water partition coefficient (Wildman–Crippen LogP) is 3.29. The van der Waals surface area contributed by atoms with Crippen molar-refractivity contribution in [3.05, 3.63) is 29.6 Å². The molecule has 3 heteroatoms. The molecule has 1 saturated carbocycles. The first-order valence-corrected chi connectivity index (χ1v) is 6.66. The molecule has 3 atom stereocenters. The summed E-state index contributed by atoms with van der Waals surface area (Å²) < 4.78 is 5.94. The topological polar surface area (TPSA) is 45.9 Å². The van der Waals surface area contributed by atoms with Crippen molar-refractivity contribution in [3.63, 3.8) is 0 Å². The first-order valence-electron chi connectivity index (χ1n) is 6.66. The molecule has 1 fully saturated rings. The van der Waals surface area contributed by atoms with E-state index in [0.29, 0.717) is 18.4 Å². The third-order valence-corrected chi connectivity index (χ3v) is 4.02. The van der Waals surface area contributed by atoms with Crippen molar-refractivity contribution in [2.75, 3.05) is 0 Å². The van der Waals surface area contributed by atoms with Crippen LogP contribution in [0.1, 0.15) is 44.4 Å². The molecule has 1 aromatic rings. The van der Waals surface area contributed by atoms with Crippen LogP contribution in [0, 0.1) is 23.2 Å². The third-order valence-electron chi connectivity index (χ3n) is 4.02. The number of ether oxygens (including phenoxy) is 1. The molecule has 0 spiro atoms. The molecular formula is C15H20N2O. The minimum atomic E-state index is 0.336. The largest absolute Gasteiger partial charge is 0.373 e. The summed E-state index contributed by atoms with van der Waals surface area (Å²) in [6.45, 7) is 5.11. The van der Waals surface area contributed by atoms with Crippen molar-refractivity contribution in [3.8, 4) is 6.07 Å². The van der Waals surface area contributed by atoms with Gasteiger partial charge in [0, 0.05) is 11.8 Å². The van der Waals surface area contributed by atoms with E-state index in [0.717, 1.165) is 30.2 Å². The highest BCUT2D eigenvalue weighted by molar-refractivity contribution is 5.29. The summed E-state index contributed by atoms with van der Waals surface area (Å²) in [5.41, 5.74) is 1.38. The first-order chi connectivity index (χ1) is 8.70. The standard InChI is InChI=1S/C15H20N2O/c1-11-5-6-14(8-12(11)2)18-10-13-4-3-7-17-15(13)9-16/h3-4,7,11-12,14H,5-6,8,10H2,1-2H3. The van der Waals surface area contributed by atoms with Crippen LogP contribution in [-0.4, -0.2) is 11.1 Å². The molecule has 0 amide bonds. The Morgan fingerprint density at radius 2 is 2.22 bits per heavy atom. The molecule has 1 aliphatic rings. The van der Waals surface area contributed by atoms with Crippen LogP contribution < -0.4 is 0 Å². The van der Waals surface area contributed by atoms with Gasteiger partial charge in [-0.05, 0) is 37.2 Å². The molecule has 1 aliphatic carbocycles. The molecular weight excluding hydrogens is 224 g/mol. The van der Waals surface area contributed by atoms with E-state index < -0.39 is 0 Å². The molecule has 0 N–H and O–H groups in total. The third kappa shape index (κ3) is 3.08. The monoisotopic (exact) mass is 244 g/mol. The fourth-order valence-electron chi connectivity index (χ4n) is 2.51. The van der Waals surface area contributed by atoms with Crippen LogP contribution in [0.4, 0.5) is 0 Å². The van der Waals surface area contributed by atoms with Gasteiger partial charge in [0.2, 0.25) is 0 Å². The van der Waals surface area contributed by atoms with Crippen LogP contribution >= 0.6 is 0 Å². The van der Waals surface area contributed by atoms with Crippen molar-refractivity contribution < 1.29 is 4.74 Å². The molecule has 0 aromatic carbocycles. The van der Waals surface area contributed by atoms with Crippen LogP contribution in [0.15, 0.2) is 18.3 Å². The summed E-state index contributed by atoms with van der Waals surface area (Å²) in [6, 6.07) is 5.88. The lowest BCUT2D eigenvalue weighted by Crippen LogP contribution is -2.26. The van der Waals surface area contributed by atoms with Gasteiger partial charge in [0.05, 0.1) is 12.7 Å². The number of nitriles is 1. The van der Waals surface area contributed by atoms with Crippen LogP contribution in [0.5, 0.6) is 0 Å². The number of rotatable bonds is 3. The van der Waals surface area contributed by atoms with Gasteiger partial charge in [0.25, 0.3) is 0 Å². The second kappa shape index (κ2) is 5.97. The average Bonchev–Trinajstić information content (AvgIpc) is 2.40. The van der Waals surface area contributed by atoms with Crippen LogP contribution in [0.3, 0.4) is 0 Å². The minimum absolute atomic E-state index is 0.336. The maximum absolute atomic E-state index is 8.96. The van der Waals surface area contributed by atoms with E-state index >= 15 is 0 Å². The highest BCUT2D eigenvalue weighted by atomic mass is 16.5. The second-order valence-electron chi connectivity index (χ2n) is 5.32. The van der Waals surface area contributed by atoms with Crippen molar-refractivity contribution in [1.29, 1.82) is 5.26 Å². The van der Waals surface area contributed by atoms with Crippen molar-refractivity contribution in [2.24, 2.45) is 11.8 Å². The predicted molar refractivity (Wildman–Crippen MR) is 69.7 cm³/mol. The van der Waals surface area contributed by atoms with Crippen molar-refractivity contribution >= 4 is 0 Å². The highest BCUT2D eigenvalue weighted by Gasteiger charge is 2.25. The minimum Gasteiger partial charge on any atom is -0.373 e. The maximum atomic E-state index is 8.96. The second-order valence-corrected chi connectivity index (χ2v) is 5.32. The van der Waals surface area contributed by atoms with Crippen molar-refractivity contribution in [2.45, 2.75) is 45.8 Å². The zero-order chi connectivity index (χ0) is 13.0. The fraction of sp³-hybridized carbons (Fsp3) is 0.600. The van der Waals surface area contributed by atoms with Gasteiger partial charge in [-0.25, -0.2) is 4.98 Å². The normalized spacial score (nSPS) is 27.7. The number of hydrogen-bond acceptors (Lipinski definition) is 3. The van der Waals surface area contributed by atoms with E-state index in [2.05, 4.69) is 24.9 Å². The molecule has 1 aromatic heterocycles. The van der Waals surface area contributed by atoms with Gasteiger partial charge < -0.3 is 4.74 Å². The van der Waals surface area contributed by atoms with Crippen molar-refractivity contribution in [1.82, 2.24) is 4.98 Å². The summed E-state index contributed by atoms with van der Waals surface area (Å²) in [5, 5.41) is 8.96. The van der Waals surface area contributed by atoms with E-state index in [1.807, 2.05) is 12.1 Å². The molecule has 18 heavy (non-hydrogen) atoms. The molecule has 0 bridgehead atoms. The quantitative estimate of drug-likeness (QED) is 0.819. The zero-order valence-electron chi connectivity index (χ0n) is 11.1. The number of hydrogen-bond donors (Lipinski definition) is 0. The van der Waals surface area contributed by atoms with Gasteiger partial charge in [0.15, 0.2) is 0 Å². The van der Waals surface area contributed by atoms with Gasteiger partial charge in [-0.15, -0.1) is 0 Å². The summed E-state index contributed by atoms with van der Waals surface area (Å²) >= 11 is 0.